The molecule has 2 aromatic rings. The van der Waals surface area contributed by atoms with Crippen LogP contribution in [0.3, 0.4) is 0 Å². The molecule has 1 N–H and O–H groups in total. The van der Waals surface area contributed by atoms with E-state index in [1.807, 2.05) is 7.05 Å². The first-order valence-electron chi connectivity index (χ1n) is 8.57. The van der Waals surface area contributed by atoms with Gasteiger partial charge >= 0.3 is 0 Å². The van der Waals surface area contributed by atoms with Crippen LogP contribution in [-0.2, 0) is 0 Å². The smallest absolute Gasteiger partial charge is 0.274 e. The fourth-order valence-electron chi connectivity index (χ4n) is 2.79. The topological polar surface area (TPSA) is 74.8 Å². The molecule has 1 aromatic heterocycles. The highest BCUT2D eigenvalue weighted by Gasteiger charge is 2.22. The molecule has 0 saturated carbocycles. The van der Waals surface area contributed by atoms with Crippen LogP contribution >= 0.6 is 11.6 Å². The van der Waals surface area contributed by atoms with Crippen LogP contribution in [0, 0.1) is 0 Å². The highest BCUT2D eigenvalue weighted by molar-refractivity contribution is 6.32. The first-order chi connectivity index (χ1) is 13.0. The zero-order chi connectivity index (χ0) is 19.4. The monoisotopic (exact) mass is 388 g/mol. The molecule has 1 aromatic carbocycles. The lowest BCUT2D eigenvalue weighted by atomic mass is 10.2. The van der Waals surface area contributed by atoms with Crippen LogP contribution in [0.5, 0.6) is 5.75 Å². The number of amides is 2. The number of anilines is 1. The fraction of sp³-hybridized carbons (Fsp3) is 0.316. The van der Waals surface area contributed by atoms with Gasteiger partial charge in [-0.05, 0) is 37.4 Å². The molecule has 1 fully saturated rings. The summed E-state index contributed by atoms with van der Waals surface area (Å²) in [4.78, 5) is 33.3. The third-order valence-corrected chi connectivity index (χ3v) is 4.70. The number of ether oxygens (including phenoxy) is 1. The van der Waals surface area contributed by atoms with Crippen molar-refractivity contribution in [2.45, 2.75) is 0 Å². The lowest BCUT2D eigenvalue weighted by Gasteiger charge is -2.32. The first kappa shape index (κ1) is 19.1. The standard InChI is InChI=1S/C19H21ClN4O3/c1-23-8-10-24(11-9-23)19(26)16-5-3-4-15(22-16)18(25)21-13-6-7-17(27-2)14(20)12-13/h3-7,12H,8-11H2,1-2H3,(H,21,25). The minimum Gasteiger partial charge on any atom is -0.495 e. The van der Waals surface area contributed by atoms with E-state index in [1.165, 1.54) is 7.11 Å². The van der Waals surface area contributed by atoms with Crippen molar-refractivity contribution in [2.24, 2.45) is 0 Å². The molecule has 1 saturated heterocycles. The molecule has 1 aliphatic heterocycles. The Morgan fingerprint density at radius 1 is 1.11 bits per heavy atom. The highest BCUT2D eigenvalue weighted by Crippen LogP contribution is 2.27. The first-order valence-corrected chi connectivity index (χ1v) is 8.95. The van der Waals surface area contributed by atoms with Gasteiger partial charge in [-0.2, -0.15) is 0 Å². The summed E-state index contributed by atoms with van der Waals surface area (Å²) < 4.78 is 5.09. The number of nitrogens with zero attached hydrogens (tertiary/aromatic N) is 3. The van der Waals surface area contributed by atoms with Crippen molar-refractivity contribution < 1.29 is 14.3 Å². The van der Waals surface area contributed by atoms with Crippen LogP contribution in [0.2, 0.25) is 5.02 Å². The third-order valence-electron chi connectivity index (χ3n) is 4.40. The van der Waals surface area contributed by atoms with Crippen molar-refractivity contribution >= 4 is 29.1 Å². The Kier molecular flexibility index (Phi) is 5.93. The van der Waals surface area contributed by atoms with Crippen LogP contribution in [0.1, 0.15) is 21.0 Å². The number of hydrogen-bond donors (Lipinski definition) is 1. The predicted molar refractivity (Wildman–Crippen MR) is 104 cm³/mol. The molecule has 0 spiro atoms. The summed E-state index contributed by atoms with van der Waals surface area (Å²) in [6.07, 6.45) is 0. The Labute approximate surface area is 162 Å². The van der Waals surface area contributed by atoms with Crippen molar-refractivity contribution in [1.82, 2.24) is 14.8 Å². The Balaban J connectivity index is 1.72. The van der Waals surface area contributed by atoms with Gasteiger partial charge < -0.3 is 19.9 Å². The quantitative estimate of drug-likeness (QED) is 0.870. The van der Waals surface area contributed by atoms with Crippen LogP contribution in [0.25, 0.3) is 0 Å². The summed E-state index contributed by atoms with van der Waals surface area (Å²) in [6.45, 7) is 2.95. The molecule has 1 aliphatic rings. The van der Waals surface area contributed by atoms with Crippen molar-refractivity contribution in [3.63, 3.8) is 0 Å². The van der Waals surface area contributed by atoms with E-state index in [-0.39, 0.29) is 17.3 Å². The van der Waals surface area contributed by atoms with Crippen LogP contribution in [-0.4, -0.2) is 66.9 Å². The SMILES string of the molecule is COc1ccc(NC(=O)c2cccc(C(=O)N3CCN(C)CC3)n2)cc1Cl. The maximum Gasteiger partial charge on any atom is 0.274 e. The second-order valence-corrected chi connectivity index (χ2v) is 6.71. The summed E-state index contributed by atoms with van der Waals surface area (Å²) in [5.41, 5.74) is 0.949. The Morgan fingerprint density at radius 2 is 1.81 bits per heavy atom. The molecule has 0 bridgehead atoms. The maximum atomic E-state index is 12.6. The van der Waals surface area contributed by atoms with Gasteiger partial charge in [0.25, 0.3) is 11.8 Å². The van der Waals surface area contributed by atoms with E-state index in [1.54, 1.807) is 41.3 Å². The second kappa shape index (κ2) is 8.37. The summed E-state index contributed by atoms with van der Waals surface area (Å²) in [6, 6.07) is 9.80. The van der Waals surface area contributed by atoms with E-state index < -0.39 is 5.91 Å². The van der Waals surface area contributed by atoms with Gasteiger partial charge in [0.2, 0.25) is 0 Å². The molecule has 2 heterocycles. The number of benzene rings is 1. The molecule has 8 heteroatoms. The van der Waals surface area contributed by atoms with E-state index in [4.69, 9.17) is 16.3 Å². The van der Waals surface area contributed by atoms with Crippen molar-refractivity contribution in [3.8, 4) is 5.75 Å². The third kappa shape index (κ3) is 4.56. The number of piperazine rings is 1. The number of hydrogen-bond acceptors (Lipinski definition) is 5. The highest BCUT2D eigenvalue weighted by atomic mass is 35.5. The maximum absolute atomic E-state index is 12.6. The molecular weight excluding hydrogens is 368 g/mol. The molecule has 142 valence electrons. The molecule has 0 atom stereocenters. The average Bonchev–Trinajstić information content (AvgIpc) is 2.68. The number of carbonyl (C=O) groups excluding carboxylic acids is 2. The lowest BCUT2D eigenvalue weighted by molar-refractivity contribution is 0.0658. The summed E-state index contributed by atoms with van der Waals surface area (Å²) in [5, 5.41) is 3.12. The van der Waals surface area contributed by atoms with Crippen molar-refractivity contribution in [3.05, 3.63) is 52.8 Å². The van der Waals surface area contributed by atoms with Gasteiger partial charge in [0.1, 0.15) is 17.1 Å². The number of pyridine rings is 1. The van der Waals surface area contributed by atoms with Gasteiger partial charge in [0.05, 0.1) is 12.1 Å². The fourth-order valence-corrected chi connectivity index (χ4v) is 3.05. The van der Waals surface area contributed by atoms with E-state index in [9.17, 15) is 9.59 Å². The molecular formula is C19H21ClN4O3. The number of rotatable bonds is 4. The zero-order valence-corrected chi connectivity index (χ0v) is 16.0. The van der Waals surface area contributed by atoms with Gasteiger partial charge in [-0.25, -0.2) is 4.98 Å². The van der Waals surface area contributed by atoms with E-state index >= 15 is 0 Å². The van der Waals surface area contributed by atoms with Gasteiger partial charge in [-0.1, -0.05) is 17.7 Å². The predicted octanol–water partition coefficient (Wildman–Crippen LogP) is 2.38. The molecule has 27 heavy (non-hydrogen) atoms. The summed E-state index contributed by atoms with van der Waals surface area (Å²) >= 11 is 6.08. The van der Waals surface area contributed by atoms with Gasteiger partial charge in [-0.15, -0.1) is 0 Å². The zero-order valence-electron chi connectivity index (χ0n) is 15.2. The van der Waals surface area contributed by atoms with E-state index in [0.29, 0.717) is 29.5 Å². The number of likely N-dealkylation sites (N-methyl/N-ethyl adjacent to an activating group) is 1. The van der Waals surface area contributed by atoms with Crippen LogP contribution in [0.15, 0.2) is 36.4 Å². The molecule has 7 nitrogen and oxygen atoms in total. The molecule has 0 unspecified atom stereocenters. The minimum atomic E-state index is -0.413. The lowest BCUT2D eigenvalue weighted by Crippen LogP contribution is -2.47. The molecule has 0 radical (unpaired) electrons. The van der Waals surface area contributed by atoms with Crippen LogP contribution in [0.4, 0.5) is 5.69 Å². The minimum absolute atomic E-state index is 0.162. The molecule has 3 rings (SSSR count). The van der Waals surface area contributed by atoms with Crippen molar-refractivity contribution in [1.29, 1.82) is 0 Å². The van der Waals surface area contributed by atoms with Gasteiger partial charge in [-0.3, -0.25) is 9.59 Å². The molecule has 2 amide bonds. The van der Waals surface area contributed by atoms with Crippen molar-refractivity contribution in [2.75, 3.05) is 45.7 Å². The average molecular weight is 389 g/mol. The number of nitrogens with one attached hydrogen (secondary N) is 1. The number of methoxy groups -OCH3 is 1. The normalized spacial score (nSPS) is 14.7. The van der Waals surface area contributed by atoms with Crippen LogP contribution < -0.4 is 10.1 Å². The second-order valence-electron chi connectivity index (χ2n) is 6.31. The van der Waals surface area contributed by atoms with Gasteiger partial charge in [0, 0.05) is 31.9 Å². The van der Waals surface area contributed by atoms with Gasteiger partial charge in [0.15, 0.2) is 0 Å². The molecule has 0 aliphatic carbocycles. The van der Waals surface area contributed by atoms with E-state index in [0.717, 1.165) is 13.1 Å². The Morgan fingerprint density at radius 3 is 2.48 bits per heavy atom. The number of carbonyl (C=O) groups is 2. The Bertz CT molecular complexity index is 851. The van der Waals surface area contributed by atoms with E-state index in [2.05, 4.69) is 15.2 Å². The summed E-state index contributed by atoms with van der Waals surface area (Å²) in [5.74, 6) is -0.0536. The number of halogens is 1. The summed E-state index contributed by atoms with van der Waals surface area (Å²) in [7, 11) is 3.54. The number of aromatic nitrogens is 1. The Hall–Kier alpha value is -2.64. The largest absolute Gasteiger partial charge is 0.495 e.